The molecule has 24 heavy (non-hydrogen) atoms. The minimum absolute atomic E-state index is 0.0898. The van der Waals surface area contributed by atoms with Crippen molar-refractivity contribution in [1.82, 2.24) is 5.32 Å². The van der Waals surface area contributed by atoms with Crippen molar-refractivity contribution in [3.8, 4) is 11.5 Å². The normalized spacial score (nSPS) is 23.7. The van der Waals surface area contributed by atoms with Gasteiger partial charge >= 0.3 is 6.18 Å². The van der Waals surface area contributed by atoms with E-state index in [2.05, 4.69) is 5.32 Å². The second-order valence-corrected chi connectivity index (χ2v) is 6.46. The summed E-state index contributed by atoms with van der Waals surface area (Å²) < 4.78 is 49.4. The molecule has 0 spiro atoms. The molecule has 0 bridgehead atoms. The number of halogens is 4. The van der Waals surface area contributed by atoms with E-state index in [4.69, 9.17) is 21.1 Å². The van der Waals surface area contributed by atoms with E-state index >= 15 is 0 Å². The molecule has 0 unspecified atom stereocenters. The number of ether oxygens (including phenoxy) is 2. The summed E-state index contributed by atoms with van der Waals surface area (Å²) in [6.45, 7) is 0.726. The number of nitrogens with one attached hydrogen (secondary N) is 1. The monoisotopic (exact) mass is 363 g/mol. The summed E-state index contributed by atoms with van der Waals surface area (Å²) in [7, 11) is 0. The Balaban J connectivity index is 1.70. The first kappa shape index (κ1) is 17.2. The van der Waals surface area contributed by atoms with E-state index < -0.39 is 24.0 Å². The fourth-order valence-corrected chi connectivity index (χ4v) is 3.39. The molecule has 1 saturated carbocycles. The lowest BCUT2D eigenvalue weighted by atomic mass is 9.85. The molecule has 4 nitrogen and oxygen atoms in total. The molecule has 1 N–H and O–H groups in total. The number of carbonyl (C=O) groups excluding carboxylic acids is 1. The van der Waals surface area contributed by atoms with Gasteiger partial charge in [0.05, 0.1) is 10.9 Å². The maximum Gasteiger partial charge on any atom is 0.391 e. The molecule has 1 heterocycles. The Bertz CT molecular complexity index is 636. The lowest BCUT2D eigenvalue weighted by Gasteiger charge is -2.31. The van der Waals surface area contributed by atoms with Gasteiger partial charge in [0.1, 0.15) is 13.2 Å². The van der Waals surface area contributed by atoms with Crippen molar-refractivity contribution in [1.29, 1.82) is 0 Å². The number of hydrogen-bond acceptors (Lipinski definition) is 3. The average molecular weight is 364 g/mol. The highest BCUT2D eigenvalue weighted by Gasteiger charge is 2.42. The van der Waals surface area contributed by atoms with Gasteiger partial charge in [-0.05, 0) is 31.4 Å². The lowest BCUT2D eigenvalue weighted by molar-refractivity contribution is -0.183. The Morgan fingerprint density at radius 3 is 2.71 bits per heavy atom. The highest BCUT2D eigenvalue weighted by atomic mass is 35.5. The van der Waals surface area contributed by atoms with Gasteiger partial charge in [0.25, 0.3) is 5.91 Å². The summed E-state index contributed by atoms with van der Waals surface area (Å²) in [6.07, 6.45) is -3.21. The standard InChI is InChI=1S/C16H17ClF3NO3/c17-12-6-9(7-13-14(12)24-5-4-23-13)15(22)21-11-3-1-2-10(8-11)16(18,19)20/h6-7,10-11H,1-5,8H2,(H,21,22)/t10-,11+/m0/s1. The smallest absolute Gasteiger partial charge is 0.391 e. The van der Waals surface area contributed by atoms with Gasteiger partial charge < -0.3 is 14.8 Å². The molecule has 2 atom stereocenters. The van der Waals surface area contributed by atoms with Crippen LogP contribution in [0.3, 0.4) is 0 Å². The fraction of sp³-hybridized carbons (Fsp3) is 0.562. The Kier molecular flexibility index (Phi) is 4.80. The molecule has 1 aliphatic heterocycles. The molecule has 1 aromatic rings. The van der Waals surface area contributed by atoms with E-state index in [9.17, 15) is 18.0 Å². The van der Waals surface area contributed by atoms with Gasteiger partial charge in [-0.2, -0.15) is 13.2 Å². The van der Waals surface area contributed by atoms with Crippen LogP contribution in [0, 0.1) is 5.92 Å². The number of hydrogen-bond donors (Lipinski definition) is 1. The van der Waals surface area contributed by atoms with Gasteiger partial charge in [-0.15, -0.1) is 0 Å². The first-order valence-electron chi connectivity index (χ1n) is 7.81. The van der Waals surface area contributed by atoms with E-state index in [1.807, 2.05) is 0 Å². The number of benzene rings is 1. The van der Waals surface area contributed by atoms with E-state index in [-0.39, 0.29) is 23.4 Å². The molecule has 1 aliphatic carbocycles. The van der Waals surface area contributed by atoms with E-state index in [1.54, 1.807) is 0 Å². The maximum atomic E-state index is 12.9. The summed E-state index contributed by atoms with van der Waals surface area (Å²) in [5, 5.41) is 2.92. The molecule has 0 radical (unpaired) electrons. The molecule has 1 amide bonds. The van der Waals surface area contributed by atoms with Crippen molar-refractivity contribution < 1.29 is 27.4 Å². The number of rotatable bonds is 2. The summed E-state index contributed by atoms with van der Waals surface area (Å²) in [5.74, 6) is -1.06. The molecular formula is C16H17ClF3NO3. The van der Waals surface area contributed by atoms with Crippen molar-refractivity contribution in [3.05, 3.63) is 22.7 Å². The fourth-order valence-electron chi connectivity index (χ4n) is 3.13. The topological polar surface area (TPSA) is 47.6 Å². The van der Waals surface area contributed by atoms with Gasteiger partial charge in [0.15, 0.2) is 11.5 Å². The van der Waals surface area contributed by atoms with Gasteiger partial charge in [-0.25, -0.2) is 0 Å². The first-order chi connectivity index (χ1) is 11.3. The number of fused-ring (bicyclic) bond motifs is 1. The van der Waals surface area contributed by atoms with Crippen LogP contribution in [0.25, 0.3) is 0 Å². The SMILES string of the molecule is O=C(N[C@@H]1CCC[C@H](C(F)(F)F)C1)c1cc(Cl)c2c(c1)OCCO2. The molecule has 0 saturated heterocycles. The quantitative estimate of drug-likeness (QED) is 0.865. The Labute approximate surface area is 142 Å². The van der Waals surface area contributed by atoms with Crippen LogP contribution < -0.4 is 14.8 Å². The van der Waals surface area contributed by atoms with E-state index in [0.29, 0.717) is 37.6 Å². The molecule has 1 aromatic carbocycles. The van der Waals surface area contributed by atoms with Crippen LogP contribution in [0.5, 0.6) is 11.5 Å². The molecule has 8 heteroatoms. The molecule has 3 rings (SSSR count). The molecule has 2 aliphatic rings. The Morgan fingerprint density at radius 2 is 1.96 bits per heavy atom. The van der Waals surface area contributed by atoms with Crippen LogP contribution in [0.1, 0.15) is 36.0 Å². The first-order valence-corrected chi connectivity index (χ1v) is 8.19. The van der Waals surface area contributed by atoms with Crippen molar-refractivity contribution in [2.45, 2.75) is 37.9 Å². The third kappa shape index (κ3) is 3.71. The molecule has 132 valence electrons. The van der Waals surface area contributed by atoms with Gasteiger partial charge in [-0.3, -0.25) is 4.79 Å². The maximum absolute atomic E-state index is 12.9. The third-order valence-electron chi connectivity index (χ3n) is 4.33. The number of alkyl halides is 3. The largest absolute Gasteiger partial charge is 0.486 e. The zero-order valence-electron chi connectivity index (χ0n) is 12.8. The van der Waals surface area contributed by atoms with Gasteiger partial charge in [0.2, 0.25) is 0 Å². The average Bonchev–Trinajstić information content (AvgIpc) is 2.54. The third-order valence-corrected chi connectivity index (χ3v) is 4.61. The van der Waals surface area contributed by atoms with Gasteiger partial charge in [-0.1, -0.05) is 18.0 Å². The summed E-state index contributed by atoms with van der Waals surface area (Å²) in [6, 6.07) is 2.44. The van der Waals surface area contributed by atoms with E-state index in [0.717, 1.165) is 0 Å². The second kappa shape index (κ2) is 6.70. The van der Waals surface area contributed by atoms with Crippen molar-refractivity contribution in [3.63, 3.8) is 0 Å². The van der Waals surface area contributed by atoms with E-state index in [1.165, 1.54) is 12.1 Å². The highest BCUT2D eigenvalue weighted by Crippen LogP contribution is 2.39. The predicted octanol–water partition coefficient (Wildman–Crippen LogP) is 3.96. The summed E-state index contributed by atoms with van der Waals surface area (Å²) in [5.41, 5.74) is 0.249. The van der Waals surface area contributed by atoms with Gasteiger partial charge in [0, 0.05) is 11.6 Å². The minimum atomic E-state index is -4.22. The van der Waals surface area contributed by atoms with Crippen LogP contribution in [0.15, 0.2) is 12.1 Å². The predicted molar refractivity (Wildman–Crippen MR) is 81.7 cm³/mol. The van der Waals surface area contributed by atoms with Crippen LogP contribution in [0.4, 0.5) is 13.2 Å². The summed E-state index contributed by atoms with van der Waals surface area (Å²) >= 11 is 6.08. The molecule has 0 aromatic heterocycles. The minimum Gasteiger partial charge on any atom is -0.486 e. The van der Waals surface area contributed by atoms with Crippen LogP contribution >= 0.6 is 11.6 Å². The van der Waals surface area contributed by atoms with Crippen molar-refractivity contribution in [2.24, 2.45) is 5.92 Å². The zero-order chi connectivity index (χ0) is 17.3. The van der Waals surface area contributed by atoms with Crippen LogP contribution in [-0.2, 0) is 0 Å². The second-order valence-electron chi connectivity index (χ2n) is 6.06. The Hall–Kier alpha value is -1.63. The highest BCUT2D eigenvalue weighted by molar-refractivity contribution is 6.32. The molecule has 1 fully saturated rings. The zero-order valence-corrected chi connectivity index (χ0v) is 13.5. The number of carbonyl (C=O) groups is 1. The van der Waals surface area contributed by atoms with Crippen LogP contribution in [-0.4, -0.2) is 31.3 Å². The summed E-state index contributed by atoms with van der Waals surface area (Å²) in [4.78, 5) is 12.4. The number of amides is 1. The Morgan fingerprint density at radius 1 is 1.21 bits per heavy atom. The molecular weight excluding hydrogens is 347 g/mol. The lowest BCUT2D eigenvalue weighted by Crippen LogP contribution is -2.41. The van der Waals surface area contributed by atoms with Crippen LogP contribution in [0.2, 0.25) is 5.02 Å². The van der Waals surface area contributed by atoms with Crippen molar-refractivity contribution in [2.75, 3.05) is 13.2 Å². The van der Waals surface area contributed by atoms with Crippen molar-refractivity contribution >= 4 is 17.5 Å².